The second-order valence-electron chi connectivity index (χ2n) is 6.27. The van der Waals surface area contributed by atoms with Gasteiger partial charge in [0.15, 0.2) is 0 Å². The van der Waals surface area contributed by atoms with Crippen LogP contribution in [0.2, 0.25) is 0 Å². The predicted molar refractivity (Wildman–Crippen MR) is 87.5 cm³/mol. The summed E-state index contributed by atoms with van der Waals surface area (Å²) in [7, 11) is 0. The molecule has 1 aromatic carbocycles. The smallest absolute Gasteiger partial charge is 0.229 e. The molecule has 1 aromatic rings. The number of fused-ring (bicyclic) bond motifs is 2. The Kier molecular flexibility index (Phi) is 5.08. The third kappa shape index (κ3) is 3.25. The van der Waals surface area contributed by atoms with Gasteiger partial charge in [-0.1, -0.05) is 12.1 Å². The first-order valence-corrected chi connectivity index (χ1v) is 7.48. The van der Waals surface area contributed by atoms with Crippen LogP contribution in [-0.2, 0) is 16.0 Å². The zero-order chi connectivity index (χ0) is 15.0. The van der Waals surface area contributed by atoms with Crippen molar-refractivity contribution >= 4 is 29.9 Å². The van der Waals surface area contributed by atoms with Gasteiger partial charge in [-0.05, 0) is 48.8 Å². The molecule has 2 aliphatic carbocycles. The molecule has 0 radical (unpaired) electrons. The Balaban J connectivity index is 0.00000176. The number of nitrogens with two attached hydrogens (primary N) is 2. The monoisotopic (exact) mass is 323 g/mol. The van der Waals surface area contributed by atoms with Gasteiger partial charge < -0.3 is 16.8 Å². The summed E-state index contributed by atoms with van der Waals surface area (Å²) >= 11 is 0. The molecule has 3 rings (SSSR count). The van der Waals surface area contributed by atoms with Crippen molar-refractivity contribution in [2.75, 3.05) is 5.32 Å². The number of benzene rings is 1. The van der Waals surface area contributed by atoms with E-state index in [4.69, 9.17) is 11.5 Å². The summed E-state index contributed by atoms with van der Waals surface area (Å²) in [4.78, 5) is 23.3. The number of amides is 2. The first kappa shape index (κ1) is 16.8. The first-order valence-electron chi connectivity index (χ1n) is 7.48. The van der Waals surface area contributed by atoms with Gasteiger partial charge in [0, 0.05) is 11.7 Å². The Bertz CT molecular complexity index is 559. The fraction of sp³-hybridized carbons (Fsp3) is 0.500. The second-order valence-corrected chi connectivity index (χ2v) is 6.27. The van der Waals surface area contributed by atoms with Crippen molar-refractivity contribution in [3.05, 3.63) is 29.8 Å². The molecule has 0 aliphatic heterocycles. The summed E-state index contributed by atoms with van der Waals surface area (Å²) < 4.78 is 0. The van der Waals surface area contributed by atoms with Gasteiger partial charge in [-0.25, -0.2) is 0 Å². The molecule has 0 aromatic heterocycles. The molecule has 2 fully saturated rings. The highest BCUT2D eigenvalue weighted by Crippen LogP contribution is 2.47. The lowest BCUT2D eigenvalue weighted by atomic mass is 9.84. The minimum Gasteiger partial charge on any atom is -0.369 e. The number of anilines is 1. The minimum absolute atomic E-state index is 0. The maximum atomic E-state index is 12.4. The Labute approximate surface area is 136 Å². The predicted octanol–water partition coefficient (Wildman–Crippen LogP) is 1.45. The zero-order valence-electron chi connectivity index (χ0n) is 12.3. The molecule has 2 amide bonds. The molecule has 4 atom stereocenters. The lowest BCUT2D eigenvalue weighted by molar-refractivity contribution is -0.122. The van der Waals surface area contributed by atoms with Crippen molar-refractivity contribution in [3.63, 3.8) is 0 Å². The molecule has 2 aliphatic rings. The maximum Gasteiger partial charge on any atom is 0.229 e. The Morgan fingerprint density at radius 2 is 1.77 bits per heavy atom. The van der Waals surface area contributed by atoms with Crippen LogP contribution in [0.4, 0.5) is 5.69 Å². The number of primary amides is 1. The lowest BCUT2D eigenvalue weighted by Crippen LogP contribution is -2.42. The number of nitrogens with one attached hydrogen (secondary N) is 1. The van der Waals surface area contributed by atoms with E-state index in [0.29, 0.717) is 11.8 Å². The van der Waals surface area contributed by atoms with Crippen molar-refractivity contribution in [1.29, 1.82) is 0 Å². The van der Waals surface area contributed by atoms with Crippen LogP contribution >= 0.6 is 12.4 Å². The molecular weight excluding hydrogens is 302 g/mol. The standard InChI is InChI=1S/C16H21N3O2.ClH/c17-13(20)7-9-1-5-12(6-2-9)19-16(21)14-10-3-4-11(8-10)15(14)18;/h1-2,5-6,10-11,14-15H,3-4,7-8,18H2,(H2,17,20)(H,19,21);1H. The number of rotatable bonds is 4. The highest BCUT2D eigenvalue weighted by molar-refractivity contribution is 5.93. The van der Waals surface area contributed by atoms with Crippen molar-refractivity contribution in [3.8, 4) is 0 Å². The van der Waals surface area contributed by atoms with Crippen molar-refractivity contribution in [2.45, 2.75) is 31.7 Å². The van der Waals surface area contributed by atoms with E-state index >= 15 is 0 Å². The molecule has 0 saturated heterocycles. The van der Waals surface area contributed by atoms with E-state index in [-0.39, 0.29) is 42.6 Å². The summed E-state index contributed by atoms with van der Waals surface area (Å²) in [6.07, 6.45) is 3.59. The average Bonchev–Trinajstić information content (AvgIpc) is 3.01. The van der Waals surface area contributed by atoms with Crippen molar-refractivity contribution in [2.24, 2.45) is 29.2 Å². The number of hydrogen-bond acceptors (Lipinski definition) is 3. The topological polar surface area (TPSA) is 98.2 Å². The average molecular weight is 324 g/mol. The Morgan fingerprint density at radius 1 is 1.14 bits per heavy atom. The van der Waals surface area contributed by atoms with Crippen LogP contribution in [-0.4, -0.2) is 17.9 Å². The van der Waals surface area contributed by atoms with Gasteiger partial charge in [0.1, 0.15) is 0 Å². The molecule has 5 N–H and O–H groups in total. The normalized spacial score (nSPS) is 29.0. The summed E-state index contributed by atoms with van der Waals surface area (Å²) in [5, 5.41) is 2.94. The lowest BCUT2D eigenvalue weighted by Gasteiger charge is -2.27. The molecule has 0 spiro atoms. The van der Waals surface area contributed by atoms with Crippen molar-refractivity contribution < 1.29 is 9.59 Å². The van der Waals surface area contributed by atoms with E-state index in [2.05, 4.69) is 5.32 Å². The largest absolute Gasteiger partial charge is 0.369 e. The third-order valence-corrected chi connectivity index (χ3v) is 4.88. The number of carbonyl (C=O) groups is 2. The highest BCUT2D eigenvalue weighted by Gasteiger charge is 2.49. The zero-order valence-corrected chi connectivity index (χ0v) is 13.1. The summed E-state index contributed by atoms with van der Waals surface area (Å²) in [5.41, 5.74) is 12.9. The van der Waals surface area contributed by atoms with E-state index in [1.807, 2.05) is 0 Å². The number of hydrogen-bond donors (Lipinski definition) is 3. The molecule has 2 saturated carbocycles. The summed E-state index contributed by atoms with van der Waals surface area (Å²) in [5.74, 6) is 0.564. The maximum absolute atomic E-state index is 12.4. The fourth-order valence-electron chi connectivity index (χ4n) is 3.86. The number of carbonyl (C=O) groups excluding carboxylic acids is 2. The summed E-state index contributed by atoms with van der Waals surface area (Å²) in [6, 6.07) is 7.21. The quantitative estimate of drug-likeness (QED) is 0.782. The van der Waals surface area contributed by atoms with E-state index in [9.17, 15) is 9.59 Å². The van der Waals surface area contributed by atoms with E-state index in [1.54, 1.807) is 24.3 Å². The van der Waals surface area contributed by atoms with Gasteiger partial charge in [-0.2, -0.15) is 0 Å². The second kappa shape index (κ2) is 6.67. The van der Waals surface area contributed by atoms with Crippen molar-refractivity contribution in [1.82, 2.24) is 0 Å². The van der Waals surface area contributed by atoms with Gasteiger partial charge in [-0.3, -0.25) is 9.59 Å². The molecular formula is C16H22ClN3O2. The Morgan fingerprint density at radius 3 is 2.32 bits per heavy atom. The van der Waals surface area contributed by atoms with E-state index < -0.39 is 0 Å². The number of halogens is 1. The van der Waals surface area contributed by atoms with Crippen LogP contribution in [0.15, 0.2) is 24.3 Å². The molecule has 4 unspecified atom stereocenters. The van der Waals surface area contributed by atoms with Gasteiger partial charge in [0.25, 0.3) is 0 Å². The van der Waals surface area contributed by atoms with Crippen LogP contribution in [0, 0.1) is 17.8 Å². The van der Waals surface area contributed by atoms with Gasteiger partial charge in [0.05, 0.1) is 12.3 Å². The van der Waals surface area contributed by atoms with E-state index in [0.717, 1.165) is 30.5 Å². The van der Waals surface area contributed by atoms with Crippen LogP contribution in [0.1, 0.15) is 24.8 Å². The molecule has 5 nitrogen and oxygen atoms in total. The van der Waals surface area contributed by atoms with Crippen LogP contribution in [0.25, 0.3) is 0 Å². The van der Waals surface area contributed by atoms with Crippen LogP contribution in [0.5, 0.6) is 0 Å². The SMILES string of the molecule is Cl.NC(=O)Cc1ccc(NC(=O)C2C3CCC(C3)C2N)cc1. The van der Waals surface area contributed by atoms with Gasteiger partial charge in [0.2, 0.25) is 11.8 Å². The molecule has 2 bridgehead atoms. The van der Waals surface area contributed by atoms with Gasteiger partial charge in [-0.15, -0.1) is 12.4 Å². The summed E-state index contributed by atoms with van der Waals surface area (Å²) in [6.45, 7) is 0. The Hall–Kier alpha value is -1.59. The third-order valence-electron chi connectivity index (χ3n) is 4.88. The van der Waals surface area contributed by atoms with E-state index in [1.165, 1.54) is 0 Å². The fourth-order valence-corrected chi connectivity index (χ4v) is 3.86. The van der Waals surface area contributed by atoms with Gasteiger partial charge >= 0.3 is 0 Å². The first-order chi connectivity index (χ1) is 10.0. The van der Waals surface area contributed by atoms with Crippen LogP contribution < -0.4 is 16.8 Å². The molecule has 0 heterocycles. The molecule has 120 valence electrons. The molecule has 6 heteroatoms. The van der Waals surface area contributed by atoms with Crippen LogP contribution in [0.3, 0.4) is 0 Å². The highest BCUT2D eigenvalue weighted by atomic mass is 35.5. The minimum atomic E-state index is -0.361. The molecule has 22 heavy (non-hydrogen) atoms.